The van der Waals surface area contributed by atoms with E-state index in [0.717, 1.165) is 19.0 Å². The van der Waals surface area contributed by atoms with Crippen molar-refractivity contribution in [3.05, 3.63) is 33.5 Å². The van der Waals surface area contributed by atoms with Gasteiger partial charge in [0.1, 0.15) is 10.1 Å². The third-order valence-corrected chi connectivity index (χ3v) is 4.53. The molecule has 0 aliphatic heterocycles. The minimum Gasteiger partial charge on any atom is -0.292 e. The van der Waals surface area contributed by atoms with E-state index in [1.807, 2.05) is 12.1 Å². The van der Waals surface area contributed by atoms with E-state index in [0.29, 0.717) is 5.95 Å². The van der Waals surface area contributed by atoms with Crippen molar-refractivity contribution in [2.45, 2.75) is 10.1 Å². The van der Waals surface area contributed by atoms with E-state index in [1.54, 1.807) is 12.4 Å². The Morgan fingerprint density at radius 2 is 2.00 bits per heavy atom. The van der Waals surface area contributed by atoms with Crippen LogP contribution in [0.15, 0.2) is 43.5 Å². The summed E-state index contributed by atoms with van der Waals surface area (Å²) in [6.07, 6.45) is 3.37. The van der Waals surface area contributed by atoms with Gasteiger partial charge in [-0.1, -0.05) is 0 Å². The fourth-order valence-electron chi connectivity index (χ4n) is 1.03. The minimum atomic E-state index is 0.364. The van der Waals surface area contributed by atoms with Crippen molar-refractivity contribution in [2.24, 2.45) is 5.84 Å². The second kappa shape index (κ2) is 5.76. The van der Waals surface area contributed by atoms with Gasteiger partial charge in [-0.25, -0.2) is 20.8 Å². The first kappa shape index (κ1) is 12.7. The van der Waals surface area contributed by atoms with Crippen LogP contribution in [0.25, 0.3) is 0 Å². The quantitative estimate of drug-likeness (QED) is 0.487. The van der Waals surface area contributed by atoms with E-state index in [-0.39, 0.29) is 0 Å². The van der Waals surface area contributed by atoms with Crippen molar-refractivity contribution in [1.29, 1.82) is 0 Å². The lowest BCUT2D eigenvalue weighted by Crippen LogP contribution is -2.10. The fraction of sp³-hybridized carbons (Fsp3) is 0. The summed E-state index contributed by atoms with van der Waals surface area (Å²) in [7, 11) is 0. The van der Waals surface area contributed by atoms with Gasteiger partial charge in [0.25, 0.3) is 0 Å². The highest BCUT2D eigenvalue weighted by atomic mass is 79.9. The Bertz CT molecular complexity index is 537. The van der Waals surface area contributed by atoms with Crippen molar-refractivity contribution >= 4 is 49.6 Å². The average Bonchev–Trinajstić information content (AvgIpc) is 2.35. The standard InChI is InChI=1S/C9H7Br2N5S/c10-5-2-1-3-13-7(5)17-8-6(11)4-14-9(15-8)16-12/h1-4H,12H2,(H,14,15,16). The van der Waals surface area contributed by atoms with E-state index < -0.39 is 0 Å². The molecule has 0 aromatic carbocycles. The van der Waals surface area contributed by atoms with Gasteiger partial charge in [-0.2, -0.15) is 0 Å². The van der Waals surface area contributed by atoms with Crippen molar-refractivity contribution in [3.63, 3.8) is 0 Å². The lowest BCUT2D eigenvalue weighted by molar-refractivity contribution is 1.00. The van der Waals surface area contributed by atoms with Gasteiger partial charge in [-0.05, 0) is 55.8 Å². The molecule has 5 nitrogen and oxygen atoms in total. The number of halogens is 2. The molecular formula is C9H7Br2N5S. The molecular weight excluding hydrogens is 370 g/mol. The number of hydrogen-bond acceptors (Lipinski definition) is 6. The van der Waals surface area contributed by atoms with E-state index in [9.17, 15) is 0 Å². The van der Waals surface area contributed by atoms with E-state index in [2.05, 4.69) is 52.2 Å². The molecule has 2 rings (SSSR count). The molecule has 0 saturated carbocycles. The molecule has 0 saturated heterocycles. The van der Waals surface area contributed by atoms with Crippen molar-refractivity contribution in [1.82, 2.24) is 15.0 Å². The molecule has 0 unspecified atom stereocenters. The number of nitrogens with two attached hydrogens (primary N) is 1. The Morgan fingerprint density at radius 3 is 2.71 bits per heavy atom. The van der Waals surface area contributed by atoms with Crippen molar-refractivity contribution in [3.8, 4) is 0 Å². The normalized spacial score (nSPS) is 10.3. The number of nitrogens with one attached hydrogen (secondary N) is 1. The van der Waals surface area contributed by atoms with E-state index >= 15 is 0 Å². The second-order valence-corrected chi connectivity index (χ2v) is 5.57. The molecule has 3 N–H and O–H groups in total. The van der Waals surface area contributed by atoms with Gasteiger partial charge in [0.15, 0.2) is 0 Å². The zero-order chi connectivity index (χ0) is 12.3. The molecule has 0 amide bonds. The fourth-order valence-corrected chi connectivity index (χ4v) is 2.71. The Hall–Kier alpha value is -0.700. The molecule has 17 heavy (non-hydrogen) atoms. The highest BCUT2D eigenvalue weighted by molar-refractivity contribution is 9.11. The number of hydrazine groups is 1. The third-order valence-electron chi connectivity index (χ3n) is 1.76. The maximum Gasteiger partial charge on any atom is 0.238 e. The van der Waals surface area contributed by atoms with Gasteiger partial charge < -0.3 is 0 Å². The van der Waals surface area contributed by atoms with Crippen LogP contribution in [-0.4, -0.2) is 15.0 Å². The van der Waals surface area contributed by atoms with Crippen molar-refractivity contribution < 1.29 is 0 Å². The third kappa shape index (κ3) is 3.15. The van der Waals surface area contributed by atoms with Crippen LogP contribution in [0.4, 0.5) is 5.95 Å². The smallest absolute Gasteiger partial charge is 0.238 e. The number of nitrogen functional groups attached to an aromatic ring is 1. The average molecular weight is 377 g/mol. The largest absolute Gasteiger partial charge is 0.292 e. The first-order valence-electron chi connectivity index (χ1n) is 4.48. The highest BCUT2D eigenvalue weighted by Crippen LogP contribution is 2.34. The number of hydrogen-bond donors (Lipinski definition) is 2. The Labute approximate surface area is 119 Å². The summed E-state index contributed by atoms with van der Waals surface area (Å²) in [5.41, 5.74) is 2.41. The molecule has 0 aliphatic rings. The predicted octanol–water partition coefficient (Wildman–Crippen LogP) is 2.83. The monoisotopic (exact) mass is 375 g/mol. The number of pyridine rings is 1. The summed E-state index contributed by atoms with van der Waals surface area (Å²) in [4.78, 5) is 12.5. The van der Waals surface area contributed by atoms with Gasteiger partial charge in [-0.3, -0.25) is 5.43 Å². The highest BCUT2D eigenvalue weighted by Gasteiger charge is 2.09. The summed E-state index contributed by atoms with van der Waals surface area (Å²) < 4.78 is 1.71. The summed E-state index contributed by atoms with van der Waals surface area (Å²) in [5.74, 6) is 5.63. The first-order valence-corrected chi connectivity index (χ1v) is 6.88. The Balaban J connectivity index is 2.32. The molecule has 8 heteroatoms. The van der Waals surface area contributed by atoms with E-state index in [4.69, 9.17) is 5.84 Å². The molecule has 88 valence electrons. The number of anilines is 1. The molecule has 2 aromatic rings. The number of rotatable bonds is 3. The van der Waals surface area contributed by atoms with Gasteiger partial charge in [-0.15, -0.1) is 0 Å². The van der Waals surface area contributed by atoms with Crippen LogP contribution < -0.4 is 11.3 Å². The van der Waals surface area contributed by atoms with Crippen LogP contribution in [0.1, 0.15) is 0 Å². The van der Waals surface area contributed by atoms with Crippen LogP contribution >= 0.6 is 43.6 Å². The maximum atomic E-state index is 5.27. The van der Waals surface area contributed by atoms with Crippen LogP contribution in [-0.2, 0) is 0 Å². The summed E-state index contributed by atoms with van der Waals surface area (Å²) in [6, 6.07) is 3.78. The lowest BCUT2D eigenvalue weighted by Gasteiger charge is -2.05. The van der Waals surface area contributed by atoms with Gasteiger partial charge in [0, 0.05) is 12.4 Å². The van der Waals surface area contributed by atoms with Crippen LogP contribution in [0.5, 0.6) is 0 Å². The first-order chi connectivity index (χ1) is 8.20. The Kier molecular flexibility index (Phi) is 4.32. The van der Waals surface area contributed by atoms with Crippen LogP contribution in [0, 0.1) is 0 Å². The minimum absolute atomic E-state index is 0.364. The molecule has 2 heterocycles. The molecule has 0 spiro atoms. The topological polar surface area (TPSA) is 76.7 Å². The summed E-state index contributed by atoms with van der Waals surface area (Å²) in [6.45, 7) is 0. The van der Waals surface area contributed by atoms with Crippen LogP contribution in [0.3, 0.4) is 0 Å². The molecule has 0 aliphatic carbocycles. The van der Waals surface area contributed by atoms with Gasteiger partial charge in [0.2, 0.25) is 5.95 Å². The Morgan fingerprint density at radius 1 is 1.18 bits per heavy atom. The molecule has 0 fully saturated rings. The summed E-state index contributed by atoms with van der Waals surface area (Å²) in [5, 5.41) is 1.57. The van der Waals surface area contributed by atoms with Crippen molar-refractivity contribution in [2.75, 3.05) is 5.43 Å². The molecule has 0 atom stereocenters. The second-order valence-electron chi connectivity index (χ2n) is 2.88. The molecule has 0 bridgehead atoms. The molecule has 2 aromatic heterocycles. The SMILES string of the molecule is NNc1ncc(Br)c(Sc2ncccc2Br)n1. The van der Waals surface area contributed by atoms with Gasteiger partial charge in [0.05, 0.1) is 8.95 Å². The maximum absolute atomic E-state index is 5.27. The zero-order valence-corrected chi connectivity index (χ0v) is 12.4. The zero-order valence-electron chi connectivity index (χ0n) is 8.39. The lowest BCUT2D eigenvalue weighted by atomic mass is 10.5. The number of aromatic nitrogens is 3. The number of nitrogens with zero attached hydrogens (tertiary/aromatic N) is 3. The summed E-state index contributed by atoms with van der Waals surface area (Å²) >= 11 is 8.23. The van der Waals surface area contributed by atoms with Gasteiger partial charge >= 0.3 is 0 Å². The predicted molar refractivity (Wildman–Crippen MR) is 73.6 cm³/mol. The molecule has 0 radical (unpaired) electrons. The van der Waals surface area contributed by atoms with Crippen LogP contribution in [0.2, 0.25) is 0 Å². The van der Waals surface area contributed by atoms with E-state index in [1.165, 1.54) is 11.8 Å².